The van der Waals surface area contributed by atoms with Crippen molar-refractivity contribution in [3.8, 4) is 0 Å². The summed E-state index contributed by atoms with van der Waals surface area (Å²) in [5, 5.41) is 0. The number of nitrogens with zero attached hydrogens (tertiary/aromatic N) is 1. The monoisotopic (exact) mass is 386 g/mol. The zero-order valence-corrected chi connectivity index (χ0v) is 15.4. The predicted octanol–water partition coefficient (Wildman–Crippen LogP) is 3.72. The predicted molar refractivity (Wildman–Crippen MR) is 91.7 cm³/mol. The van der Waals surface area contributed by atoms with E-state index in [4.69, 9.17) is 10.5 Å². The third-order valence-corrected chi connectivity index (χ3v) is 4.55. The van der Waals surface area contributed by atoms with E-state index >= 15 is 0 Å². The highest BCUT2D eigenvalue weighted by atomic mass is 79.9. The molecule has 1 fully saturated rings. The quantitative estimate of drug-likeness (QED) is 0.860. The molecule has 2 N–H and O–H groups in total. The molecule has 1 aliphatic rings. The van der Waals surface area contributed by atoms with Gasteiger partial charge in [-0.25, -0.2) is 9.18 Å². The minimum atomic E-state index is -0.488. The van der Waals surface area contributed by atoms with Gasteiger partial charge >= 0.3 is 6.09 Å². The molecule has 1 aliphatic heterocycles. The fourth-order valence-electron chi connectivity index (χ4n) is 2.73. The number of ether oxygens (including phenoxy) is 1. The molecule has 23 heavy (non-hydrogen) atoms. The summed E-state index contributed by atoms with van der Waals surface area (Å²) in [6.07, 6.45) is 1.24. The smallest absolute Gasteiger partial charge is 0.410 e. The van der Waals surface area contributed by atoms with Crippen LogP contribution in [0.3, 0.4) is 0 Å². The number of nitrogens with two attached hydrogens (primary N) is 1. The van der Waals surface area contributed by atoms with Gasteiger partial charge in [0, 0.05) is 19.1 Å². The summed E-state index contributed by atoms with van der Waals surface area (Å²) >= 11 is 3.19. The van der Waals surface area contributed by atoms with Crippen LogP contribution in [0.1, 0.15) is 32.8 Å². The summed E-state index contributed by atoms with van der Waals surface area (Å²) in [6.45, 7) is 6.85. The van der Waals surface area contributed by atoms with E-state index in [-0.39, 0.29) is 23.9 Å². The zero-order valence-electron chi connectivity index (χ0n) is 13.8. The first-order valence-electron chi connectivity index (χ1n) is 7.83. The molecule has 128 valence electrons. The number of hydrogen-bond donors (Lipinski definition) is 1. The molecule has 0 spiro atoms. The number of likely N-dealkylation sites (tertiary alicyclic amines) is 1. The van der Waals surface area contributed by atoms with Crippen LogP contribution in [0.25, 0.3) is 0 Å². The molecule has 0 aliphatic carbocycles. The van der Waals surface area contributed by atoms with Gasteiger partial charge in [-0.1, -0.05) is 6.07 Å². The van der Waals surface area contributed by atoms with Crippen molar-refractivity contribution in [2.45, 2.75) is 45.3 Å². The normalized spacial score (nSPS) is 19.7. The maximum Gasteiger partial charge on any atom is 0.410 e. The molecule has 4 nitrogen and oxygen atoms in total. The molecule has 2 rings (SSSR count). The van der Waals surface area contributed by atoms with Crippen molar-refractivity contribution in [2.24, 2.45) is 11.7 Å². The van der Waals surface area contributed by atoms with E-state index < -0.39 is 5.60 Å². The number of carbonyl (C=O) groups excluding carboxylic acids is 1. The van der Waals surface area contributed by atoms with Crippen LogP contribution in [0.15, 0.2) is 22.7 Å². The lowest BCUT2D eigenvalue weighted by molar-refractivity contribution is 0.0286. The SMILES string of the molecule is CC(C)(C)OC(=O)N1CCC(C(N)Cc2ccc(F)c(Br)c2)C1. The summed E-state index contributed by atoms with van der Waals surface area (Å²) in [4.78, 5) is 13.8. The van der Waals surface area contributed by atoms with E-state index in [1.807, 2.05) is 20.8 Å². The summed E-state index contributed by atoms with van der Waals surface area (Å²) in [5.41, 5.74) is 6.80. The third kappa shape index (κ3) is 5.18. The lowest BCUT2D eigenvalue weighted by Gasteiger charge is -2.25. The van der Waals surface area contributed by atoms with Gasteiger partial charge in [-0.3, -0.25) is 0 Å². The molecular formula is C17H24BrFN2O2. The zero-order chi connectivity index (χ0) is 17.2. The molecule has 0 aromatic heterocycles. The maximum atomic E-state index is 13.3. The fraction of sp³-hybridized carbons (Fsp3) is 0.588. The standard InChI is InChI=1S/C17H24BrFN2O2/c1-17(2,3)23-16(22)21-7-6-12(10-21)15(20)9-11-4-5-14(19)13(18)8-11/h4-5,8,12,15H,6-7,9-10,20H2,1-3H3. The number of hydrogen-bond acceptors (Lipinski definition) is 3. The Balaban J connectivity index is 1.90. The van der Waals surface area contributed by atoms with Gasteiger partial charge < -0.3 is 15.4 Å². The Hall–Kier alpha value is -1.14. The molecule has 2 atom stereocenters. The molecular weight excluding hydrogens is 363 g/mol. The summed E-state index contributed by atoms with van der Waals surface area (Å²) in [7, 11) is 0. The van der Waals surface area contributed by atoms with Crippen LogP contribution in [-0.2, 0) is 11.2 Å². The van der Waals surface area contributed by atoms with E-state index in [1.54, 1.807) is 17.0 Å². The number of amides is 1. The minimum Gasteiger partial charge on any atom is -0.444 e. The van der Waals surface area contributed by atoms with Crippen LogP contribution >= 0.6 is 15.9 Å². The largest absolute Gasteiger partial charge is 0.444 e. The molecule has 6 heteroatoms. The van der Waals surface area contributed by atoms with E-state index in [0.717, 1.165) is 12.0 Å². The molecule has 0 radical (unpaired) electrons. The molecule has 1 saturated heterocycles. The van der Waals surface area contributed by atoms with E-state index in [2.05, 4.69) is 15.9 Å². The van der Waals surface area contributed by atoms with E-state index in [9.17, 15) is 9.18 Å². The molecule has 1 amide bonds. The molecule has 0 saturated carbocycles. The van der Waals surface area contributed by atoms with Crippen molar-refractivity contribution in [2.75, 3.05) is 13.1 Å². The van der Waals surface area contributed by atoms with E-state index in [0.29, 0.717) is 24.0 Å². The second kappa shape index (κ2) is 7.18. The molecule has 1 aromatic carbocycles. The Kier molecular flexibility index (Phi) is 5.68. The molecule has 1 aromatic rings. The van der Waals surface area contributed by atoms with Crippen LogP contribution in [0, 0.1) is 11.7 Å². The van der Waals surface area contributed by atoms with Crippen molar-refractivity contribution in [3.05, 3.63) is 34.1 Å². The van der Waals surface area contributed by atoms with Gasteiger partial charge in [-0.2, -0.15) is 0 Å². The molecule has 0 bridgehead atoms. The highest BCUT2D eigenvalue weighted by molar-refractivity contribution is 9.10. The molecule has 2 unspecified atom stereocenters. The lowest BCUT2D eigenvalue weighted by Crippen LogP contribution is -2.38. The van der Waals surface area contributed by atoms with Crippen molar-refractivity contribution in [1.82, 2.24) is 4.90 Å². The topological polar surface area (TPSA) is 55.6 Å². The van der Waals surface area contributed by atoms with Gasteiger partial charge in [0.15, 0.2) is 0 Å². The summed E-state index contributed by atoms with van der Waals surface area (Å²) < 4.78 is 19.1. The number of benzene rings is 1. The summed E-state index contributed by atoms with van der Waals surface area (Å²) in [5.74, 6) is -0.0503. The van der Waals surface area contributed by atoms with Crippen LogP contribution in [0.2, 0.25) is 0 Å². The van der Waals surface area contributed by atoms with Gasteiger partial charge in [0.05, 0.1) is 4.47 Å². The second-order valence-corrected chi connectivity index (χ2v) is 7.95. The lowest BCUT2D eigenvalue weighted by atomic mass is 9.93. The van der Waals surface area contributed by atoms with Crippen LogP contribution in [0.5, 0.6) is 0 Å². The Morgan fingerprint density at radius 1 is 1.52 bits per heavy atom. The van der Waals surface area contributed by atoms with Crippen LogP contribution in [-0.4, -0.2) is 35.7 Å². The number of rotatable bonds is 3. The number of halogens is 2. The van der Waals surface area contributed by atoms with Crippen LogP contribution in [0.4, 0.5) is 9.18 Å². The average Bonchev–Trinajstić information content (AvgIpc) is 2.91. The van der Waals surface area contributed by atoms with Crippen molar-refractivity contribution >= 4 is 22.0 Å². The Labute approximate surface area is 145 Å². The molecule has 1 heterocycles. The Bertz CT molecular complexity index is 574. The van der Waals surface area contributed by atoms with Crippen molar-refractivity contribution < 1.29 is 13.9 Å². The average molecular weight is 387 g/mol. The van der Waals surface area contributed by atoms with Gasteiger partial charge in [0.2, 0.25) is 0 Å². The first-order chi connectivity index (χ1) is 10.7. The number of carbonyl (C=O) groups is 1. The van der Waals surface area contributed by atoms with Gasteiger partial charge in [-0.05, 0) is 73.2 Å². The van der Waals surface area contributed by atoms with Gasteiger partial charge in [-0.15, -0.1) is 0 Å². The van der Waals surface area contributed by atoms with Crippen molar-refractivity contribution in [1.29, 1.82) is 0 Å². The Morgan fingerprint density at radius 2 is 2.22 bits per heavy atom. The minimum absolute atomic E-state index is 0.0696. The van der Waals surface area contributed by atoms with Gasteiger partial charge in [0.1, 0.15) is 11.4 Å². The highest BCUT2D eigenvalue weighted by Gasteiger charge is 2.32. The second-order valence-electron chi connectivity index (χ2n) is 7.09. The highest BCUT2D eigenvalue weighted by Crippen LogP contribution is 2.24. The fourth-order valence-corrected chi connectivity index (χ4v) is 3.16. The van der Waals surface area contributed by atoms with E-state index in [1.165, 1.54) is 6.07 Å². The third-order valence-electron chi connectivity index (χ3n) is 3.94. The van der Waals surface area contributed by atoms with Gasteiger partial charge in [0.25, 0.3) is 0 Å². The first kappa shape index (κ1) is 18.2. The maximum absolute atomic E-state index is 13.3. The first-order valence-corrected chi connectivity index (χ1v) is 8.62. The van der Waals surface area contributed by atoms with Crippen molar-refractivity contribution in [3.63, 3.8) is 0 Å². The summed E-state index contributed by atoms with van der Waals surface area (Å²) in [6, 6.07) is 4.88. The van der Waals surface area contributed by atoms with Crippen LogP contribution < -0.4 is 5.73 Å². The Morgan fingerprint density at radius 3 is 2.83 bits per heavy atom.